The summed E-state index contributed by atoms with van der Waals surface area (Å²) in [6.45, 7) is 1.71. The van der Waals surface area contributed by atoms with Gasteiger partial charge in [0.25, 0.3) is 0 Å². The molecule has 0 saturated carbocycles. The van der Waals surface area contributed by atoms with Gasteiger partial charge >= 0.3 is 6.18 Å². The number of ether oxygens (including phenoxy) is 1. The van der Waals surface area contributed by atoms with Crippen LogP contribution in [0.2, 0.25) is 0 Å². The lowest BCUT2D eigenvalue weighted by molar-refractivity contribution is -0.137. The van der Waals surface area contributed by atoms with Gasteiger partial charge in [-0.3, -0.25) is 4.98 Å². The van der Waals surface area contributed by atoms with Crippen molar-refractivity contribution in [1.29, 1.82) is 0 Å². The molecule has 100 valence electrons. The van der Waals surface area contributed by atoms with E-state index in [0.717, 1.165) is 12.1 Å². The van der Waals surface area contributed by atoms with E-state index in [9.17, 15) is 17.6 Å². The van der Waals surface area contributed by atoms with Gasteiger partial charge < -0.3 is 4.74 Å². The molecule has 0 aliphatic rings. The number of halogens is 4. The first-order chi connectivity index (χ1) is 8.84. The zero-order valence-corrected chi connectivity index (χ0v) is 9.83. The topological polar surface area (TPSA) is 22.1 Å². The molecule has 0 aliphatic heterocycles. The summed E-state index contributed by atoms with van der Waals surface area (Å²) in [7, 11) is 0. The van der Waals surface area contributed by atoms with Gasteiger partial charge in [-0.25, -0.2) is 4.39 Å². The molecule has 0 N–H and O–H groups in total. The Morgan fingerprint density at radius 3 is 2.42 bits per heavy atom. The predicted octanol–water partition coefficient (Wildman–Crippen LogP) is 4.34. The van der Waals surface area contributed by atoms with Crippen molar-refractivity contribution >= 4 is 0 Å². The van der Waals surface area contributed by atoms with Gasteiger partial charge in [0.1, 0.15) is 17.3 Å². The van der Waals surface area contributed by atoms with E-state index in [2.05, 4.69) is 4.98 Å². The van der Waals surface area contributed by atoms with Crippen molar-refractivity contribution in [1.82, 2.24) is 4.98 Å². The molecule has 19 heavy (non-hydrogen) atoms. The Hall–Kier alpha value is -2.11. The molecule has 0 unspecified atom stereocenters. The van der Waals surface area contributed by atoms with Crippen LogP contribution >= 0.6 is 0 Å². The van der Waals surface area contributed by atoms with E-state index in [0.29, 0.717) is 17.5 Å². The number of benzene rings is 1. The van der Waals surface area contributed by atoms with E-state index in [1.807, 2.05) is 0 Å². The molecule has 0 spiro atoms. The van der Waals surface area contributed by atoms with E-state index >= 15 is 0 Å². The molecule has 0 amide bonds. The van der Waals surface area contributed by atoms with Crippen molar-refractivity contribution in [2.75, 3.05) is 0 Å². The predicted molar refractivity (Wildman–Crippen MR) is 60.5 cm³/mol. The molecule has 0 saturated heterocycles. The van der Waals surface area contributed by atoms with Gasteiger partial charge in [-0.2, -0.15) is 13.2 Å². The molecule has 0 radical (unpaired) electrons. The molecular weight excluding hydrogens is 262 g/mol. The fourth-order valence-electron chi connectivity index (χ4n) is 1.50. The lowest BCUT2D eigenvalue weighted by atomic mass is 10.2. The first-order valence-corrected chi connectivity index (χ1v) is 5.33. The van der Waals surface area contributed by atoms with Gasteiger partial charge in [0.2, 0.25) is 0 Å². The number of aryl methyl sites for hydroxylation is 1. The second kappa shape index (κ2) is 4.87. The largest absolute Gasteiger partial charge is 0.457 e. The highest BCUT2D eigenvalue weighted by Gasteiger charge is 2.31. The van der Waals surface area contributed by atoms with Gasteiger partial charge in [0.15, 0.2) is 0 Å². The Labute approximate surface area is 106 Å². The second-order valence-electron chi connectivity index (χ2n) is 3.91. The number of nitrogens with zero attached hydrogens (tertiary/aromatic N) is 1. The van der Waals surface area contributed by atoms with Crippen LogP contribution in [0.4, 0.5) is 17.6 Å². The summed E-state index contributed by atoms with van der Waals surface area (Å²) in [6, 6.07) is 5.08. The van der Waals surface area contributed by atoms with Crippen molar-refractivity contribution in [2.45, 2.75) is 13.1 Å². The number of aromatic nitrogens is 1. The molecule has 0 bridgehead atoms. The Kier molecular flexibility index (Phi) is 3.42. The zero-order valence-electron chi connectivity index (χ0n) is 9.83. The molecule has 6 heteroatoms. The third kappa shape index (κ3) is 3.43. The summed E-state index contributed by atoms with van der Waals surface area (Å²) in [6.07, 6.45) is -3.16. The highest BCUT2D eigenvalue weighted by molar-refractivity contribution is 5.35. The van der Waals surface area contributed by atoms with E-state index in [1.165, 1.54) is 18.3 Å². The van der Waals surface area contributed by atoms with Gasteiger partial charge in [0, 0.05) is 24.0 Å². The van der Waals surface area contributed by atoms with Crippen molar-refractivity contribution in [3.8, 4) is 11.5 Å². The molecule has 2 aromatic rings. The molecule has 0 atom stereocenters. The van der Waals surface area contributed by atoms with Gasteiger partial charge in [-0.05, 0) is 25.1 Å². The maximum atomic E-state index is 13.1. The second-order valence-corrected chi connectivity index (χ2v) is 3.91. The Balaban J connectivity index is 2.33. The van der Waals surface area contributed by atoms with Crippen LogP contribution in [-0.4, -0.2) is 4.98 Å². The number of rotatable bonds is 2. The Morgan fingerprint density at radius 2 is 1.79 bits per heavy atom. The van der Waals surface area contributed by atoms with Crippen molar-refractivity contribution < 1.29 is 22.3 Å². The molecule has 1 aromatic heterocycles. The highest BCUT2D eigenvalue weighted by atomic mass is 19.4. The molecule has 2 nitrogen and oxygen atoms in total. The monoisotopic (exact) mass is 271 g/mol. The number of alkyl halides is 3. The van der Waals surface area contributed by atoms with Crippen molar-refractivity contribution in [3.05, 3.63) is 53.6 Å². The minimum Gasteiger partial charge on any atom is -0.457 e. The van der Waals surface area contributed by atoms with E-state index in [1.54, 1.807) is 6.92 Å². The van der Waals surface area contributed by atoms with E-state index in [-0.39, 0.29) is 5.75 Å². The normalized spacial score (nSPS) is 11.4. The Bertz CT molecular complexity index is 595. The number of pyridine rings is 1. The van der Waals surface area contributed by atoms with Gasteiger partial charge in [-0.15, -0.1) is 0 Å². The SMILES string of the molecule is Cc1cc(Oc2cc(F)cc(C(F)(F)F)c2)ccn1. The summed E-state index contributed by atoms with van der Waals surface area (Å²) < 4.78 is 55.9. The highest BCUT2D eigenvalue weighted by Crippen LogP contribution is 2.33. The Morgan fingerprint density at radius 1 is 1.05 bits per heavy atom. The van der Waals surface area contributed by atoms with E-state index in [4.69, 9.17) is 4.74 Å². The quantitative estimate of drug-likeness (QED) is 0.758. The minimum absolute atomic E-state index is 0.210. The van der Waals surface area contributed by atoms with Crippen LogP contribution < -0.4 is 4.74 Å². The summed E-state index contributed by atoms with van der Waals surface area (Å²) in [5.41, 5.74) is -0.446. The van der Waals surface area contributed by atoms with Crippen LogP contribution in [0.1, 0.15) is 11.3 Å². The van der Waals surface area contributed by atoms with Gasteiger partial charge in [-0.1, -0.05) is 0 Å². The fourth-order valence-corrected chi connectivity index (χ4v) is 1.50. The lowest BCUT2D eigenvalue weighted by Crippen LogP contribution is -2.05. The van der Waals surface area contributed by atoms with Crippen LogP contribution in [0, 0.1) is 12.7 Å². The average Bonchev–Trinajstić information content (AvgIpc) is 2.26. The minimum atomic E-state index is -4.62. The van der Waals surface area contributed by atoms with Gasteiger partial charge in [0.05, 0.1) is 5.56 Å². The zero-order chi connectivity index (χ0) is 14.0. The summed E-state index contributed by atoms with van der Waals surface area (Å²) in [4.78, 5) is 3.92. The molecular formula is C13H9F4NO. The summed E-state index contributed by atoms with van der Waals surface area (Å²) in [5.74, 6) is -0.917. The number of hydrogen-bond acceptors (Lipinski definition) is 2. The van der Waals surface area contributed by atoms with Crippen LogP contribution in [0.15, 0.2) is 36.5 Å². The lowest BCUT2D eigenvalue weighted by Gasteiger charge is -2.10. The third-order valence-corrected chi connectivity index (χ3v) is 2.30. The first kappa shape index (κ1) is 13.3. The third-order valence-electron chi connectivity index (χ3n) is 2.30. The molecule has 2 rings (SSSR count). The van der Waals surface area contributed by atoms with Crippen LogP contribution in [0.5, 0.6) is 11.5 Å². The van der Waals surface area contributed by atoms with Crippen LogP contribution in [0.3, 0.4) is 0 Å². The molecule has 1 heterocycles. The van der Waals surface area contributed by atoms with Crippen LogP contribution in [0.25, 0.3) is 0 Å². The maximum Gasteiger partial charge on any atom is 0.416 e. The van der Waals surface area contributed by atoms with Crippen LogP contribution in [-0.2, 0) is 6.18 Å². The average molecular weight is 271 g/mol. The molecule has 0 fully saturated rings. The smallest absolute Gasteiger partial charge is 0.416 e. The summed E-state index contributed by atoms with van der Waals surface area (Å²) in [5, 5.41) is 0. The first-order valence-electron chi connectivity index (χ1n) is 5.33. The van der Waals surface area contributed by atoms with E-state index < -0.39 is 17.6 Å². The standard InChI is InChI=1S/C13H9F4NO/c1-8-4-11(2-3-18-8)19-12-6-9(13(15,16)17)5-10(14)7-12/h2-7H,1H3. The van der Waals surface area contributed by atoms with Crippen molar-refractivity contribution in [2.24, 2.45) is 0 Å². The fraction of sp³-hybridized carbons (Fsp3) is 0.154. The summed E-state index contributed by atoms with van der Waals surface area (Å²) >= 11 is 0. The van der Waals surface area contributed by atoms with Crippen molar-refractivity contribution in [3.63, 3.8) is 0 Å². The maximum absolute atomic E-state index is 13.1. The molecule has 0 aliphatic carbocycles. The molecule has 1 aromatic carbocycles. The number of hydrogen-bond donors (Lipinski definition) is 0.